The second-order valence-corrected chi connectivity index (χ2v) is 18.4. The Bertz CT molecular complexity index is 3790. The van der Waals surface area contributed by atoms with Crippen LogP contribution in [0, 0.1) is 0 Å². The van der Waals surface area contributed by atoms with E-state index in [9.17, 15) is 0 Å². The number of fused-ring (bicyclic) bond motifs is 19. The summed E-state index contributed by atoms with van der Waals surface area (Å²) in [6.45, 7) is 4.73. The molecule has 10 aromatic carbocycles. The maximum atomic E-state index is 6.61. The summed E-state index contributed by atoms with van der Waals surface area (Å²) in [4.78, 5) is 2.46. The summed E-state index contributed by atoms with van der Waals surface area (Å²) in [6, 6.07) is 79.5. The zero-order valence-electron chi connectivity index (χ0n) is 35.6. The molecule has 0 N–H and O–H groups in total. The van der Waals surface area contributed by atoms with E-state index in [1.165, 1.54) is 88.7 Å². The standard InChI is InChI=1S/C62H41NO/c1-61(2)53-23-11-7-20-46(53)49-31-28-40(35-56(49)61)63(42-29-32-51-50-22-10-14-26-59(50)64-60(51)37-42)41-27-30-48-44-18-6-5-17-43(44)45-19-8-12-24-54(45)62(58(48)36-41)55-25-13-9-21-47(55)52-33-38-15-3-4-16-39(38)34-57(52)62/h3-37H,1-2H3. The highest BCUT2D eigenvalue weighted by Crippen LogP contribution is 2.63. The number of rotatable bonds is 3. The first-order chi connectivity index (χ1) is 31.5. The molecule has 1 unspecified atom stereocenters. The Kier molecular flexibility index (Phi) is 7.13. The highest BCUT2D eigenvalue weighted by molar-refractivity contribution is 6.07. The van der Waals surface area contributed by atoms with Gasteiger partial charge in [0.2, 0.25) is 0 Å². The Hall–Kier alpha value is -7.94. The van der Waals surface area contributed by atoms with Crippen molar-refractivity contribution in [2.75, 3.05) is 4.90 Å². The number of anilines is 3. The first-order valence-electron chi connectivity index (χ1n) is 22.4. The minimum absolute atomic E-state index is 0.165. The molecule has 0 saturated heterocycles. The molecular formula is C62H41NO. The van der Waals surface area contributed by atoms with Gasteiger partial charge >= 0.3 is 0 Å². The van der Waals surface area contributed by atoms with Crippen LogP contribution < -0.4 is 4.90 Å². The maximum Gasteiger partial charge on any atom is 0.137 e. The lowest BCUT2D eigenvalue weighted by atomic mass is 9.65. The summed E-state index contributed by atoms with van der Waals surface area (Å²) in [5.74, 6) is 0. The van der Waals surface area contributed by atoms with Crippen molar-refractivity contribution in [3.05, 3.63) is 246 Å². The van der Waals surface area contributed by atoms with E-state index in [0.29, 0.717) is 0 Å². The second-order valence-electron chi connectivity index (χ2n) is 18.4. The molecular weight excluding hydrogens is 775 g/mol. The van der Waals surface area contributed by atoms with E-state index in [2.05, 4.69) is 225 Å². The van der Waals surface area contributed by atoms with E-state index in [4.69, 9.17) is 4.42 Å². The van der Waals surface area contributed by atoms with E-state index < -0.39 is 5.41 Å². The Morgan fingerprint density at radius 3 is 1.47 bits per heavy atom. The molecule has 1 heterocycles. The highest BCUT2D eigenvalue weighted by atomic mass is 16.3. The van der Waals surface area contributed by atoms with Crippen molar-refractivity contribution >= 4 is 49.8 Å². The summed E-state index contributed by atoms with van der Waals surface area (Å²) < 4.78 is 6.61. The summed E-state index contributed by atoms with van der Waals surface area (Å²) in [6.07, 6.45) is 0. The molecule has 3 aliphatic rings. The van der Waals surface area contributed by atoms with Crippen LogP contribution >= 0.6 is 0 Å². The number of para-hydroxylation sites is 1. The van der Waals surface area contributed by atoms with Gasteiger partial charge in [-0.15, -0.1) is 0 Å². The maximum absolute atomic E-state index is 6.61. The fourth-order valence-corrected chi connectivity index (χ4v) is 12.0. The minimum Gasteiger partial charge on any atom is -0.456 e. The molecule has 2 heteroatoms. The molecule has 0 amide bonds. The van der Waals surface area contributed by atoms with E-state index in [0.717, 1.165) is 39.0 Å². The molecule has 1 aromatic heterocycles. The summed E-state index contributed by atoms with van der Waals surface area (Å²) in [7, 11) is 0. The average Bonchev–Trinajstić information content (AvgIpc) is 3.91. The van der Waals surface area contributed by atoms with Crippen molar-refractivity contribution < 1.29 is 4.42 Å². The van der Waals surface area contributed by atoms with Crippen molar-refractivity contribution in [3.63, 3.8) is 0 Å². The van der Waals surface area contributed by atoms with Gasteiger partial charge in [0.15, 0.2) is 0 Å². The van der Waals surface area contributed by atoms with Crippen LogP contribution in [0.5, 0.6) is 0 Å². The Morgan fingerprint density at radius 1 is 0.312 bits per heavy atom. The predicted molar refractivity (Wildman–Crippen MR) is 265 cm³/mol. The molecule has 0 fully saturated rings. The topological polar surface area (TPSA) is 16.4 Å². The molecule has 11 aromatic rings. The molecule has 64 heavy (non-hydrogen) atoms. The zero-order valence-corrected chi connectivity index (χ0v) is 35.6. The second kappa shape index (κ2) is 12.8. The smallest absolute Gasteiger partial charge is 0.137 e. The van der Waals surface area contributed by atoms with Crippen LogP contribution in [-0.2, 0) is 10.8 Å². The van der Waals surface area contributed by atoms with Crippen LogP contribution in [-0.4, -0.2) is 0 Å². The van der Waals surface area contributed by atoms with Crippen molar-refractivity contribution in [2.45, 2.75) is 24.7 Å². The lowest BCUT2D eigenvalue weighted by Crippen LogP contribution is -2.29. The average molecular weight is 816 g/mol. The van der Waals surface area contributed by atoms with Gasteiger partial charge < -0.3 is 9.32 Å². The van der Waals surface area contributed by atoms with Gasteiger partial charge in [-0.1, -0.05) is 166 Å². The number of nitrogens with zero attached hydrogens (tertiary/aromatic N) is 1. The molecule has 0 bridgehead atoms. The number of furan rings is 1. The van der Waals surface area contributed by atoms with Crippen LogP contribution in [0.25, 0.3) is 77.2 Å². The van der Waals surface area contributed by atoms with Crippen LogP contribution in [0.15, 0.2) is 217 Å². The van der Waals surface area contributed by atoms with Crippen molar-refractivity contribution in [1.29, 1.82) is 0 Å². The van der Waals surface area contributed by atoms with Gasteiger partial charge in [-0.3, -0.25) is 0 Å². The summed E-state index contributed by atoms with van der Waals surface area (Å²) in [5, 5.41) is 4.74. The minimum atomic E-state index is -0.632. The van der Waals surface area contributed by atoms with Gasteiger partial charge in [0.1, 0.15) is 11.2 Å². The fraction of sp³-hybridized carbons (Fsp3) is 0.0645. The number of hydrogen-bond acceptors (Lipinski definition) is 2. The van der Waals surface area contributed by atoms with E-state index >= 15 is 0 Å². The summed E-state index contributed by atoms with van der Waals surface area (Å²) in [5.41, 5.74) is 22.3. The lowest BCUT2D eigenvalue weighted by molar-refractivity contribution is 0.660. The third-order valence-corrected chi connectivity index (χ3v) is 14.9. The first kappa shape index (κ1) is 35.6. The third kappa shape index (κ3) is 4.64. The number of benzene rings is 10. The van der Waals surface area contributed by atoms with Crippen LogP contribution in [0.1, 0.15) is 47.2 Å². The van der Waals surface area contributed by atoms with Gasteiger partial charge in [-0.2, -0.15) is 0 Å². The van der Waals surface area contributed by atoms with Gasteiger partial charge in [0, 0.05) is 39.3 Å². The monoisotopic (exact) mass is 815 g/mol. The molecule has 1 atom stereocenters. The van der Waals surface area contributed by atoms with Crippen LogP contribution in [0.4, 0.5) is 17.1 Å². The zero-order chi connectivity index (χ0) is 42.3. The Labute approximate surface area is 372 Å². The van der Waals surface area contributed by atoms with Crippen LogP contribution in [0.3, 0.4) is 0 Å². The van der Waals surface area contributed by atoms with Gasteiger partial charge in [-0.25, -0.2) is 0 Å². The Morgan fingerprint density at radius 2 is 0.766 bits per heavy atom. The molecule has 300 valence electrons. The Balaban J connectivity index is 1.09. The number of hydrogen-bond donors (Lipinski definition) is 0. The SMILES string of the molecule is CC1(C)c2ccccc2-c2ccc(N(c3ccc4c(c3)C3(c5ccccc5-c5ccccc5-4)c4ccccc4-c4cc5ccccc5cc43)c3ccc4c(c3)oc3ccccc34)cc21. The quantitative estimate of drug-likeness (QED) is 0.177. The molecule has 3 aliphatic carbocycles. The van der Waals surface area contributed by atoms with Crippen molar-refractivity contribution in [1.82, 2.24) is 0 Å². The normalized spacial score (nSPS) is 15.8. The van der Waals surface area contributed by atoms with E-state index in [1.807, 2.05) is 6.07 Å². The third-order valence-electron chi connectivity index (χ3n) is 14.9. The molecule has 0 saturated carbocycles. The van der Waals surface area contributed by atoms with Gasteiger partial charge in [-0.05, 0) is 143 Å². The molecule has 14 rings (SSSR count). The molecule has 0 aliphatic heterocycles. The largest absolute Gasteiger partial charge is 0.456 e. The van der Waals surface area contributed by atoms with Crippen molar-refractivity contribution in [2.24, 2.45) is 0 Å². The fourth-order valence-electron chi connectivity index (χ4n) is 12.0. The van der Waals surface area contributed by atoms with Crippen molar-refractivity contribution in [3.8, 4) is 44.5 Å². The van der Waals surface area contributed by atoms with Crippen LogP contribution in [0.2, 0.25) is 0 Å². The summed E-state index contributed by atoms with van der Waals surface area (Å²) >= 11 is 0. The van der Waals surface area contributed by atoms with Gasteiger partial charge in [0.25, 0.3) is 0 Å². The lowest BCUT2D eigenvalue weighted by Gasteiger charge is -2.36. The predicted octanol–water partition coefficient (Wildman–Crippen LogP) is 16.5. The van der Waals surface area contributed by atoms with E-state index in [-0.39, 0.29) is 5.41 Å². The van der Waals surface area contributed by atoms with Gasteiger partial charge in [0.05, 0.1) is 5.41 Å². The molecule has 1 spiro atoms. The highest BCUT2D eigenvalue weighted by Gasteiger charge is 2.50. The molecule has 2 nitrogen and oxygen atoms in total. The molecule has 0 radical (unpaired) electrons. The van der Waals surface area contributed by atoms with E-state index in [1.54, 1.807) is 0 Å². The first-order valence-corrected chi connectivity index (χ1v) is 22.4.